The molecule has 1 N–H and O–H groups in total. The first-order chi connectivity index (χ1) is 6.40. The van der Waals surface area contributed by atoms with Crippen molar-refractivity contribution in [3.63, 3.8) is 0 Å². The Morgan fingerprint density at radius 1 is 1.62 bits per heavy atom. The topological polar surface area (TPSA) is 47.0 Å². The molecule has 1 aromatic heterocycles. The van der Waals surface area contributed by atoms with E-state index < -0.39 is 0 Å². The van der Waals surface area contributed by atoms with Gasteiger partial charge in [-0.1, -0.05) is 11.3 Å². The molecule has 0 saturated carbocycles. The van der Waals surface area contributed by atoms with Gasteiger partial charge >= 0.3 is 0 Å². The van der Waals surface area contributed by atoms with E-state index >= 15 is 0 Å². The van der Waals surface area contributed by atoms with E-state index in [2.05, 4.69) is 15.5 Å². The van der Waals surface area contributed by atoms with Crippen molar-refractivity contribution in [2.45, 2.75) is 18.9 Å². The van der Waals surface area contributed by atoms with Gasteiger partial charge in [-0.3, -0.25) is 0 Å². The summed E-state index contributed by atoms with van der Waals surface area (Å²) >= 11 is 1.69. The third kappa shape index (κ3) is 2.04. The fourth-order valence-corrected chi connectivity index (χ4v) is 2.36. The average molecular weight is 199 g/mol. The minimum absolute atomic E-state index is 0.489. The number of hydrogen-bond acceptors (Lipinski definition) is 5. The third-order valence-electron chi connectivity index (χ3n) is 2.09. The fraction of sp³-hybridized carbons (Fsp3) is 0.750. The van der Waals surface area contributed by atoms with Crippen LogP contribution in [0.15, 0.2) is 0 Å². The second-order valence-corrected chi connectivity index (χ2v) is 4.22. The smallest absolute Gasteiger partial charge is 0.131 e. The lowest BCUT2D eigenvalue weighted by Crippen LogP contribution is -2.04. The predicted molar refractivity (Wildman–Crippen MR) is 50.8 cm³/mol. The molecule has 1 aliphatic heterocycles. The molecule has 0 bridgehead atoms. The van der Waals surface area contributed by atoms with Crippen LogP contribution in [0.3, 0.4) is 0 Å². The predicted octanol–water partition coefficient (Wildman–Crippen LogP) is 0.761. The first-order valence-electron chi connectivity index (χ1n) is 4.45. The number of nitrogens with one attached hydrogen (secondary N) is 1. The summed E-state index contributed by atoms with van der Waals surface area (Å²) in [7, 11) is 1.92. The molecule has 1 saturated heterocycles. The zero-order valence-electron chi connectivity index (χ0n) is 7.62. The van der Waals surface area contributed by atoms with Crippen molar-refractivity contribution < 1.29 is 4.74 Å². The maximum Gasteiger partial charge on any atom is 0.131 e. The monoisotopic (exact) mass is 199 g/mol. The molecular formula is C8H13N3OS. The molecule has 0 amide bonds. The highest BCUT2D eigenvalue weighted by Crippen LogP contribution is 2.27. The molecule has 72 valence electrons. The Bertz CT molecular complexity index is 270. The van der Waals surface area contributed by atoms with E-state index in [0.29, 0.717) is 5.92 Å². The van der Waals surface area contributed by atoms with E-state index in [1.165, 1.54) is 0 Å². The molecule has 0 aliphatic carbocycles. The molecule has 0 aromatic carbocycles. The lowest BCUT2D eigenvalue weighted by atomic mass is 10.1. The lowest BCUT2D eigenvalue weighted by molar-refractivity contribution is 0.194. The molecule has 1 unspecified atom stereocenters. The molecule has 2 heterocycles. The summed E-state index contributed by atoms with van der Waals surface area (Å²) in [5, 5.41) is 13.5. The lowest BCUT2D eigenvalue weighted by Gasteiger charge is -1.98. The highest BCUT2D eigenvalue weighted by Gasteiger charge is 2.21. The van der Waals surface area contributed by atoms with Gasteiger partial charge in [0, 0.05) is 19.1 Å². The summed E-state index contributed by atoms with van der Waals surface area (Å²) < 4.78 is 5.30. The van der Waals surface area contributed by atoms with E-state index in [9.17, 15) is 0 Å². The van der Waals surface area contributed by atoms with Gasteiger partial charge in [-0.2, -0.15) is 0 Å². The molecule has 4 nitrogen and oxygen atoms in total. The number of nitrogens with zero attached hydrogens (tertiary/aromatic N) is 2. The number of hydrogen-bond donors (Lipinski definition) is 1. The van der Waals surface area contributed by atoms with Gasteiger partial charge in [0.25, 0.3) is 0 Å². The molecule has 13 heavy (non-hydrogen) atoms. The summed E-state index contributed by atoms with van der Waals surface area (Å²) in [4.78, 5) is 0. The van der Waals surface area contributed by atoms with E-state index in [-0.39, 0.29) is 0 Å². The van der Waals surface area contributed by atoms with Crippen molar-refractivity contribution >= 4 is 11.3 Å². The minimum Gasteiger partial charge on any atom is -0.381 e. The molecule has 1 aromatic rings. The minimum atomic E-state index is 0.489. The highest BCUT2D eigenvalue weighted by atomic mass is 32.1. The second-order valence-electron chi connectivity index (χ2n) is 3.12. The Hall–Kier alpha value is -0.520. The normalized spacial score (nSPS) is 22.4. The molecule has 0 radical (unpaired) electrons. The van der Waals surface area contributed by atoms with E-state index in [1.807, 2.05) is 7.05 Å². The van der Waals surface area contributed by atoms with Crippen LogP contribution in [0.1, 0.15) is 22.4 Å². The van der Waals surface area contributed by atoms with Crippen molar-refractivity contribution in [3.8, 4) is 0 Å². The van der Waals surface area contributed by atoms with Crippen LogP contribution in [0.5, 0.6) is 0 Å². The van der Waals surface area contributed by atoms with Gasteiger partial charge in [0.05, 0.1) is 6.61 Å². The van der Waals surface area contributed by atoms with Crippen LogP contribution in [-0.4, -0.2) is 30.5 Å². The molecule has 5 heteroatoms. The average Bonchev–Trinajstić information content (AvgIpc) is 2.70. The van der Waals surface area contributed by atoms with E-state index in [4.69, 9.17) is 4.74 Å². The van der Waals surface area contributed by atoms with Crippen molar-refractivity contribution in [1.29, 1.82) is 0 Å². The van der Waals surface area contributed by atoms with Gasteiger partial charge in [-0.15, -0.1) is 10.2 Å². The van der Waals surface area contributed by atoms with Gasteiger partial charge in [0.15, 0.2) is 0 Å². The Balaban J connectivity index is 2.03. The summed E-state index contributed by atoms with van der Waals surface area (Å²) in [5.74, 6) is 0.489. The Labute approximate surface area is 81.3 Å². The van der Waals surface area contributed by atoms with Gasteiger partial charge in [-0.25, -0.2) is 0 Å². The molecule has 1 atom stereocenters. The summed E-state index contributed by atoms with van der Waals surface area (Å²) in [6.07, 6.45) is 1.09. The van der Waals surface area contributed by atoms with E-state index in [0.717, 1.165) is 36.2 Å². The Morgan fingerprint density at radius 2 is 2.54 bits per heavy atom. The maximum absolute atomic E-state index is 5.30. The van der Waals surface area contributed by atoms with Crippen molar-refractivity contribution in [3.05, 3.63) is 10.0 Å². The number of rotatable bonds is 3. The molecule has 1 fully saturated rings. The van der Waals surface area contributed by atoms with Gasteiger partial charge in [-0.05, 0) is 13.5 Å². The second kappa shape index (κ2) is 4.13. The van der Waals surface area contributed by atoms with Crippen LogP contribution in [-0.2, 0) is 11.3 Å². The number of ether oxygens (including phenoxy) is 1. The summed E-state index contributed by atoms with van der Waals surface area (Å²) in [6, 6.07) is 0. The first kappa shape index (κ1) is 9.05. The van der Waals surface area contributed by atoms with Gasteiger partial charge in [0.2, 0.25) is 0 Å². The van der Waals surface area contributed by atoms with Gasteiger partial charge < -0.3 is 10.1 Å². The quantitative estimate of drug-likeness (QED) is 0.780. The number of aromatic nitrogens is 2. The van der Waals surface area contributed by atoms with Crippen LogP contribution < -0.4 is 5.32 Å². The summed E-state index contributed by atoms with van der Waals surface area (Å²) in [5.41, 5.74) is 0. The zero-order valence-corrected chi connectivity index (χ0v) is 8.43. The largest absolute Gasteiger partial charge is 0.381 e. The molecule has 0 spiro atoms. The van der Waals surface area contributed by atoms with Crippen LogP contribution in [0.25, 0.3) is 0 Å². The Kier molecular flexibility index (Phi) is 2.87. The highest BCUT2D eigenvalue weighted by molar-refractivity contribution is 7.11. The van der Waals surface area contributed by atoms with Crippen molar-refractivity contribution in [2.75, 3.05) is 20.3 Å². The maximum atomic E-state index is 5.30. The SMILES string of the molecule is CNCc1nnc(C2CCOC2)s1. The van der Waals surface area contributed by atoms with Crippen LogP contribution in [0.2, 0.25) is 0 Å². The van der Waals surface area contributed by atoms with Crippen molar-refractivity contribution in [2.24, 2.45) is 0 Å². The molecule has 2 rings (SSSR count). The van der Waals surface area contributed by atoms with Crippen LogP contribution >= 0.6 is 11.3 Å². The fourth-order valence-electron chi connectivity index (χ4n) is 1.38. The Morgan fingerprint density at radius 3 is 3.23 bits per heavy atom. The van der Waals surface area contributed by atoms with E-state index in [1.54, 1.807) is 11.3 Å². The van der Waals surface area contributed by atoms with Crippen molar-refractivity contribution in [1.82, 2.24) is 15.5 Å². The van der Waals surface area contributed by atoms with Crippen LogP contribution in [0, 0.1) is 0 Å². The first-order valence-corrected chi connectivity index (χ1v) is 5.26. The summed E-state index contributed by atoms with van der Waals surface area (Å²) in [6.45, 7) is 2.49. The standard InChI is InChI=1S/C8H13N3OS/c1-9-4-7-10-11-8(13-7)6-2-3-12-5-6/h6,9H,2-5H2,1H3. The van der Waals surface area contributed by atoms with Crippen LogP contribution in [0.4, 0.5) is 0 Å². The third-order valence-corrected chi connectivity index (χ3v) is 3.18. The zero-order chi connectivity index (χ0) is 9.10. The molecule has 1 aliphatic rings. The molecular weight excluding hydrogens is 186 g/mol. The van der Waals surface area contributed by atoms with Gasteiger partial charge in [0.1, 0.15) is 10.0 Å².